The van der Waals surface area contributed by atoms with Crippen molar-refractivity contribution < 1.29 is 15.0 Å². The van der Waals surface area contributed by atoms with Gasteiger partial charge in [-0.05, 0) is 36.4 Å². The zero-order chi connectivity index (χ0) is 14.5. The summed E-state index contributed by atoms with van der Waals surface area (Å²) in [6.07, 6.45) is 3.09. The summed E-state index contributed by atoms with van der Waals surface area (Å²) in [6, 6.07) is 7.03. The van der Waals surface area contributed by atoms with E-state index in [0.29, 0.717) is 18.8 Å². The second kappa shape index (κ2) is 6.23. The molecule has 1 aromatic carbocycles. The molecule has 2 aromatic rings. The number of carboxylic acid groups (broad SMARTS) is 1. The third kappa shape index (κ3) is 3.38. The molecule has 2 rings (SSSR count). The summed E-state index contributed by atoms with van der Waals surface area (Å²) in [7, 11) is 0. The molecule has 1 atom stereocenters. The topological polar surface area (TPSA) is 82.5 Å². The second-order valence-electron chi connectivity index (χ2n) is 4.87. The van der Waals surface area contributed by atoms with Crippen LogP contribution in [0.5, 0.6) is 5.75 Å². The van der Waals surface area contributed by atoms with E-state index in [0.717, 1.165) is 17.2 Å². The molecule has 0 aliphatic carbocycles. The average Bonchev–Trinajstić information content (AvgIpc) is 2.43. The van der Waals surface area contributed by atoms with E-state index >= 15 is 0 Å². The molecule has 1 heterocycles. The molecular weight excluding hydrogens is 256 g/mol. The number of carboxylic acids is 1. The maximum absolute atomic E-state index is 10.7. The van der Waals surface area contributed by atoms with Crippen molar-refractivity contribution in [2.75, 3.05) is 11.9 Å². The predicted molar refractivity (Wildman–Crippen MR) is 77.9 cm³/mol. The van der Waals surface area contributed by atoms with Crippen LogP contribution < -0.4 is 5.32 Å². The van der Waals surface area contributed by atoms with E-state index in [4.69, 9.17) is 5.11 Å². The van der Waals surface area contributed by atoms with Gasteiger partial charge in [-0.1, -0.05) is 13.0 Å². The number of hydrogen-bond donors (Lipinski definition) is 3. The minimum Gasteiger partial charge on any atom is -0.508 e. The number of benzene rings is 1. The van der Waals surface area contributed by atoms with E-state index in [1.165, 1.54) is 0 Å². The number of aromatic hydroxyl groups is 1. The molecule has 0 aliphatic heterocycles. The predicted octanol–water partition coefficient (Wildman–Crippen LogP) is 2.85. The summed E-state index contributed by atoms with van der Waals surface area (Å²) in [5, 5.41) is 23.4. The first-order valence-corrected chi connectivity index (χ1v) is 6.62. The van der Waals surface area contributed by atoms with Crippen LogP contribution in [0.3, 0.4) is 0 Å². The van der Waals surface area contributed by atoms with Gasteiger partial charge in [-0.15, -0.1) is 0 Å². The molecule has 106 valence electrons. The molecule has 0 saturated carbocycles. The number of phenols is 1. The van der Waals surface area contributed by atoms with Crippen LogP contribution in [0.4, 0.5) is 5.82 Å². The van der Waals surface area contributed by atoms with Crippen molar-refractivity contribution in [1.29, 1.82) is 0 Å². The lowest BCUT2D eigenvalue weighted by Gasteiger charge is -2.10. The quantitative estimate of drug-likeness (QED) is 0.705. The summed E-state index contributed by atoms with van der Waals surface area (Å²) < 4.78 is 0. The number of nitrogens with zero attached hydrogens (tertiary/aromatic N) is 1. The molecule has 1 unspecified atom stereocenters. The molecule has 0 aliphatic rings. The maximum atomic E-state index is 10.7. The Kier molecular flexibility index (Phi) is 4.40. The first-order chi connectivity index (χ1) is 9.58. The lowest BCUT2D eigenvalue weighted by atomic mass is 10.1. The van der Waals surface area contributed by atoms with Crippen LogP contribution >= 0.6 is 0 Å². The van der Waals surface area contributed by atoms with Crippen molar-refractivity contribution in [2.45, 2.75) is 19.8 Å². The summed E-state index contributed by atoms with van der Waals surface area (Å²) in [4.78, 5) is 15.0. The standard InChI is InChI=1S/C15H18N2O3/c1-10(15(19)20)3-2-7-16-14-13-9-12(18)5-4-11(13)6-8-17-14/h4-6,8-10,18H,2-3,7H2,1H3,(H,16,17)(H,19,20). The van der Waals surface area contributed by atoms with Gasteiger partial charge in [-0.2, -0.15) is 0 Å². The fraction of sp³-hybridized carbons (Fsp3) is 0.333. The summed E-state index contributed by atoms with van der Waals surface area (Å²) >= 11 is 0. The molecule has 20 heavy (non-hydrogen) atoms. The van der Waals surface area contributed by atoms with Crippen LogP contribution in [0.15, 0.2) is 30.5 Å². The van der Waals surface area contributed by atoms with Gasteiger partial charge < -0.3 is 15.5 Å². The van der Waals surface area contributed by atoms with Crippen molar-refractivity contribution in [3.8, 4) is 5.75 Å². The lowest BCUT2D eigenvalue weighted by Crippen LogP contribution is -2.12. The molecule has 0 saturated heterocycles. The molecule has 1 aromatic heterocycles. The third-order valence-electron chi connectivity index (χ3n) is 3.28. The highest BCUT2D eigenvalue weighted by Gasteiger charge is 2.10. The van der Waals surface area contributed by atoms with Gasteiger partial charge in [0.05, 0.1) is 5.92 Å². The number of rotatable bonds is 6. The number of anilines is 1. The highest BCUT2D eigenvalue weighted by Crippen LogP contribution is 2.25. The van der Waals surface area contributed by atoms with Crippen LogP contribution in [0, 0.1) is 5.92 Å². The van der Waals surface area contributed by atoms with Crippen molar-refractivity contribution in [3.63, 3.8) is 0 Å². The highest BCUT2D eigenvalue weighted by molar-refractivity contribution is 5.92. The fourth-order valence-corrected chi connectivity index (χ4v) is 2.04. The zero-order valence-electron chi connectivity index (χ0n) is 11.3. The van der Waals surface area contributed by atoms with Crippen LogP contribution in [0.25, 0.3) is 10.8 Å². The van der Waals surface area contributed by atoms with Gasteiger partial charge in [-0.25, -0.2) is 4.98 Å². The number of aliphatic carboxylic acids is 1. The minimum atomic E-state index is -0.766. The third-order valence-corrected chi connectivity index (χ3v) is 3.28. The van der Waals surface area contributed by atoms with Gasteiger partial charge in [0.25, 0.3) is 0 Å². The molecule has 0 radical (unpaired) electrons. The number of pyridine rings is 1. The first kappa shape index (κ1) is 14.1. The maximum Gasteiger partial charge on any atom is 0.306 e. The number of fused-ring (bicyclic) bond motifs is 1. The van der Waals surface area contributed by atoms with Crippen molar-refractivity contribution in [3.05, 3.63) is 30.5 Å². The van der Waals surface area contributed by atoms with Crippen LogP contribution in [0.1, 0.15) is 19.8 Å². The normalized spacial score (nSPS) is 12.2. The van der Waals surface area contributed by atoms with Gasteiger partial charge in [0, 0.05) is 18.1 Å². The Morgan fingerprint density at radius 3 is 2.95 bits per heavy atom. The van der Waals surface area contributed by atoms with E-state index in [-0.39, 0.29) is 11.7 Å². The summed E-state index contributed by atoms with van der Waals surface area (Å²) in [5.74, 6) is -0.186. The molecule has 0 fully saturated rings. The van der Waals surface area contributed by atoms with Crippen LogP contribution in [-0.4, -0.2) is 27.7 Å². The van der Waals surface area contributed by atoms with Gasteiger partial charge in [0.2, 0.25) is 0 Å². The van der Waals surface area contributed by atoms with Crippen molar-refractivity contribution in [2.24, 2.45) is 5.92 Å². The first-order valence-electron chi connectivity index (χ1n) is 6.62. The molecular formula is C15H18N2O3. The highest BCUT2D eigenvalue weighted by atomic mass is 16.4. The summed E-state index contributed by atoms with van der Waals surface area (Å²) in [6.45, 7) is 2.36. The average molecular weight is 274 g/mol. The van der Waals surface area contributed by atoms with E-state index < -0.39 is 5.97 Å². The fourth-order valence-electron chi connectivity index (χ4n) is 2.04. The zero-order valence-corrected chi connectivity index (χ0v) is 11.3. The molecule has 5 heteroatoms. The Bertz CT molecular complexity index is 613. The molecule has 3 N–H and O–H groups in total. The Morgan fingerprint density at radius 1 is 1.40 bits per heavy atom. The van der Waals surface area contributed by atoms with E-state index in [1.54, 1.807) is 25.3 Å². The monoisotopic (exact) mass is 274 g/mol. The Balaban J connectivity index is 2.00. The van der Waals surface area contributed by atoms with E-state index in [9.17, 15) is 9.90 Å². The van der Waals surface area contributed by atoms with Crippen molar-refractivity contribution in [1.82, 2.24) is 4.98 Å². The second-order valence-corrected chi connectivity index (χ2v) is 4.87. The van der Waals surface area contributed by atoms with Gasteiger partial charge in [0.15, 0.2) is 0 Å². The van der Waals surface area contributed by atoms with E-state index in [2.05, 4.69) is 10.3 Å². The number of carbonyl (C=O) groups is 1. The minimum absolute atomic E-state index is 0.202. The Hall–Kier alpha value is -2.30. The lowest BCUT2D eigenvalue weighted by molar-refractivity contribution is -0.141. The SMILES string of the molecule is CC(CCCNc1nccc2ccc(O)cc12)C(=O)O. The van der Waals surface area contributed by atoms with Crippen LogP contribution in [0.2, 0.25) is 0 Å². The Morgan fingerprint density at radius 2 is 2.20 bits per heavy atom. The summed E-state index contributed by atoms with van der Waals surface area (Å²) in [5.41, 5.74) is 0. The Labute approximate surface area is 117 Å². The number of aromatic nitrogens is 1. The van der Waals surface area contributed by atoms with Gasteiger partial charge in [-0.3, -0.25) is 4.79 Å². The molecule has 0 amide bonds. The number of hydrogen-bond acceptors (Lipinski definition) is 4. The molecule has 5 nitrogen and oxygen atoms in total. The van der Waals surface area contributed by atoms with Crippen molar-refractivity contribution >= 4 is 22.6 Å². The molecule has 0 bridgehead atoms. The number of phenolic OH excluding ortho intramolecular Hbond substituents is 1. The largest absolute Gasteiger partial charge is 0.508 e. The van der Waals surface area contributed by atoms with E-state index in [1.807, 2.05) is 12.1 Å². The van der Waals surface area contributed by atoms with Gasteiger partial charge >= 0.3 is 5.97 Å². The molecule has 0 spiro atoms. The smallest absolute Gasteiger partial charge is 0.306 e. The number of nitrogens with one attached hydrogen (secondary N) is 1. The van der Waals surface area contributed by atoms with Gasteiger partial charge in [0.1, 0.15) is 11.6 Å². The van der Waals surface area contributed by atoms with Crippen LogP contribution in [-0.2, 0) is 4.79 Å².